The van der Waals surface area contributed by atoms with Crippen LogP contribution in [0.5, 0.6) is 23.3 Å². The Morgan fingerprint density at radius 2 is 1.59 bits per heavy atom. The van der Waals surface area contributed by atoms with Gasteiger partial charge in [-0.25, -0.2) is 4.39 Å². The van der Waals surface area contributed by atoms with Gasteiger partial charge in [-0.2, -0.15) is 9.97 Å². The van der Waals surface area contributed by atoms with E-state index in [9.17, 15) is 9.18 Å². The molecule has 0 bridgehead atoms. The van der Waals surface area contributed by atoms with E-state index in [1.165, 1.54) is 26.4 Å². The van der Waals surface area contributed by atoms with Crippen molar-refractivity contribution < 1.29 is 23.4 Å². The first-order valence-electron chi connectivity index (χ1n) is 8.74. The highest BCUT2D eigenvalue weighted by atomic mass is 19.1. The molecule has 1 amide bonds. The number of carbonyl (C=O) groups is 1. The van der Waals surface area contributed by atoms with Gasteiger partial charge in [0.1, 0.15) is 0 Å². The topological polar surface area (TPSA) is 82.6 Å². The average Bonchev–Trinajstić information content (AvgIpc) is 2.71. The van der Waals surface area contributed by atoms with Crippen LogP contribution in [0.1, 0.15) is 21.7 Å². The Balaban J connectivity index is 1.87. The maximum absolute atomic E-state index is 13.8. The van der Waals surface area contributed by atoms with Crippen LogP contribution in [0.3, 0.4) is 0 Å². The van der Waals surface area contributed by atoms with Gasteiger partial charge in [-0.1, -0.05) is 18.2 Å². The number of carbonyl (C=O) groups excluding carboxylic acids is 1. The zero-order valence-corrected chi connectivity index (χ0v) is 16.4. The normalized spacial score (nSPS) is 10.4. The van der Waals surface area contributed by atoms with Crippen molar-refractivity contribution >= 4 is 11.6 Å². The number of nitrogens with one attached hydrogen (secondary N) is 1. The highest BCUT2D eigenvalue weighted by Gasteiger charge is 2.19. The molecule has 0 unspecified atom stereocenters. The predicted molar refractivity (Wildman–Crippen MR) is 105 cm³/mol. The predicted octanol–water partition coefficient (Wildman–Crippen LogP) is 4.29. The van der Waals surface area contributed by atoms with Crippen LogP contribution < -0.4 is 19.5 Å². The van der Waals surface area contributed by atoms with Crippen LogP contribution >= 0.6 is 0 Å². The monoisotopic (exact) mass is 397 g/mol. The summed E-state index contributed by atoms with van der Waals surface area (Å²) in [5.74, 6) is -0.141. The summed E-state index contributed by atoms with van der Waals surface area (Å²) in [6.45, 7) is 3.39. The molecule has 3 aromatic rings. The summed E-state index contributed by atoms with van der Waals surface area (Å²) < 4.78 is 29.8. The van der Waals surface area contributed by atoms with Crippen molar-refractivity contribution in [3.8, 4) is 23.3 Å². The molecule has 1 aromatic heterocycles. The lowest BCUT2D eigenvalue weighted by atomic mass is 10.1. The molecule has 0 saturated heterocycles. The van der Waals surface area contributed by atoms with E-state index >= 15 is 0 Å². The van der Waals surface area contributed by atoms with Gasteiger partial charge in [0.05, 0.1) is 36.9 Å². The van der Waals surface area contributed by atoms with Crippen LogP contribution in [-0.2, 0) is 0 Å². The first-order valence-corrected chi connectivity index (χ1v) is 8.74. The molecular formula is C21H20FN3O4. The molecule has 2 aromatic carbocycles. The maximum Gasteiger partial charge on any atom is 0.322 e. The minimum atomic E-state index is -0.520. The Morgan fingerprint density at radius 3 is 2.21 bits per heavy atom. The van der Waals surface area contributed by atoms with Crippen LogP contribution in [0.2, 0.25) is 0 Å². The molecule has 8 heteroatoms. The second-order valence-corrected chi connectivity index (χ2v) is 6.08. The summed E-state index contributed by atoms with van der Waals surface area (Å²) in [7, 11) is 2.96. The molecule has 150 valence electrons. The first-order chi connectivity index (χ1) is 13.9. The number of amides is 1. The fourth-order valence-corrected chi connectivity index (χ4v) is 2.78. The summed E-state index contributed by atoms with van der Waals surface area (Å²) in [5.41, 5.74) is 1.68. The SMILES string of the molecule is COc1cccc(C(=O)Nc2c(C)nc(Oc3ccccc3F)nc2C)c1OC. The summed E-state index contributed by atoms with van der Waals surface area (Å²) >= 11 is 0. The van der Waals surface area contributed by atoms with Crippen LogP contribution in [-0.4, -0.2) is 30.1 Å². The van der Waals surface area contributed by atoms with Crippen molar-refractivity contribution in [2.24, 2.45) is 0 Å². The number of aromatic nitrogens is 2. The van der Waals surface area contributed by atoms with E-state index in [0.717, 1.165) is 0 Å². The molecule has 3 rings (SSSR count). The van der Waals surface area contributed by atoms with Crippen LogP contribution in [0.25, 0.3) is 0 Å². The minimum Gasteiger partial charge on any atom is -0.493 e. The molecule has 0 fully saturated rings. The van der Waals surface area contributed by atoms with E-state index in [0.29, 0.717) is 34.1 Å². The van der Waals surface area contributed by atoms with E-state index in [1.54, 1.807) is 44.2 Å². The van der Waals surface area contributed by atoms with E-state index in [-0.39, 0.29) is 11.8 Å². The molecule has 0 saturated carbocycles. The number of anilines is 1. The van der Waals surface area contributed by atoms with Crippen molar-refractivity contribution in [1.82, 2.24) is 9.97 Å². The van der Waals surface area contributed by atoms with Crippen molar-refractivity contribution in [3.63, 3.8) is 0 Å². The van der Waals surface area contributed by atoms with Crippen LogP contribution in [0.4, 0.5) is 10.1 Å². The molecule has 7 nitrogen and oxygen atoms in total. The Bertz CT molecular complexity index is 1030. The van der Waals surface area contributed by atoms with E-state index in [2.05, 4.69) is 15.3 Å². The minimum absolute atomic E-state index is 0.0120. The van der Waals surface area contributed by atoms with E-state index in [1.807, 2.05) is 0 Å². The fraction of sp³-hybridized carbons (Fsp3) is 0.190. The van der Waals surface area contributed by atoms with Gasteiger partial charge in [-0.3, -0.25) is 4.79 Å². The highest BCUT2D eigenvalue weighted by Crippen LogP contribution is 2.32. The second kappa shape index (κ2) is 8.55. The van der Waals surface area contributed by atoms with Gasteiger partial charge in [0.25, 0.3) is 5.91 Å². The number of hydrogen-bond acceptors (Lipinski definition) is 6. The zero-order chi connectivity index (χ0) is 21.0. The average molecular weight is 397 g/mol. The Morgan fingerprint density at radius 1 is 0.931 bits per heavy atom. The van der Waals surface area contributed by atoms with E-state index < -0.39 is 11.7 Å². The number of benzene rings is 2. The standard InChI is InChI=1S/C21H20FN3O4/c1-12-18(25-20(26)14-8-7-11-17(27-3)19(14)28-4)13(2)24-21(23-12)29-16-10-6-5-9-15(16)22/h5-11H,1-4H3,(H,25,26). The summed E-state index contributed by atoms with van der Waals surface area (Å²) in [4.78, 5) is 21.2. The van der Waals surface area contributed by atoms with Gasteiger partial charge in [0.15, 0.2) is 23.1 Å². The molecule has 1 heterocycles. The van der Waals surface area contributed by atoms with Crippen LogP contribution in [0.15, 0.2) is 42.5 Å². The van der Waals surface area contributed by atoms with Gasteiger partial charge < -0.3 is 19.5 Å². The molecule has 0 aliphatic carbocycles. The molecule has 0 aliphatic rings. The molecule has 1 N–H and O–H groups in total. The van der Waals surface area contributed by atoms with Crippen molar-refractivity contribution in [2.75, 3.05) is 19.5 Å². The smallest absolute Gasteiger partial charge is 0.322 e. The number of hydrogen-bond donors (Lipinski definition) is 1. The number of methoxy groups -OCH3 is 2. The van der Waals surface area contributed by atoms with Crippen molar-refractivity contribution in [1.29, 1.82) is 0 Å². The third-order valence-corrected chi connectivity index (χ3v) is 4.17. The van der Waals surface area contributed by atoms with Gasteiger partial charge in [-0.15, -0.1) is 0 Å². The lowest BCUT2D eigenvalue weighted by Gasteiger charge is -2.15. The third-order valence-electron chi connectivity index (χ3n) is 4.17. The number of halogens is 1. The Hall–Kier alpha value is -3.68. The number of rotatable bonds is 6. The lowest BCUT2D eigenvalue weighted by molar-refractivity contribution is 0.102. The molecule has 0 aliphatic heterocycles. The molecule has 29 heavy (non-hydrogen) atoms. The molecule has 0 atom stereocenters. The second-order valence-electron chi connectivity index (χ2n) is 6.08. The third kappa shape index (κ3) is 4.26. The zero-order valence-electron chi connectivity index (χ0n) is 16.4. The summed E-state index contributed by atoms with van der Waals surface area (Å²) in [6, 6.07) is 11.0. The quantitative estimate of drug-likeness (QED) is 0.668. The van der Waals surface area contributed by atoms with Gasteiger partial charge >= 0.3 is 6.01 Å². The Kier molecular flexibility index (Phi) is 5.92. The van der Waals surface area contributed by atoms with Gasteiger partial charge in [-0.05, 0) is 38.1 Å². The summed E-state index contributed by atoms with van der Waals surface area (Å²) in [5, 5.41) is 2.79. The largest absolute Gasteiger partial charge is 0.493 e. The van der Waals surface area contributed by atoms with Crippen molar-refractivity contribution in [3.05, 3.63) is 65.2 Å². The highest BCUT2D eigenvalue weighted by molar-refractivity contribution is 6.07. The maximum atomic E-state index is 13.8. The molecular weight excluding hydrogens is 377 g/mol. The number of nitrogens with zero attached hydrogens (tertiary/aromatic N) is 2. The van der Waals surface area contributed by atoms with Gasteiger partial charge in [0.2, 0.25) is 0 Å². The van der Waals surface area contributed by atoms with Gasteiger partial charge in [0, 0.05) is 0 Å². The lowest BCUT2D eigenvalue weighted by Crippen LogP contribution is -2.16. The number of para-hydroxylation sites is 2. The Labute approximate surface area is 167 Å². The van der Waals surface area contributed by atoms with Crippen LogP contribution in [0, 0.1) is 19.7 Å². The first kappa shape index (κ1) is 20.1. The number of aryl methyl sites for hydroxylation is 2. The molecule has 0 spiro atoms. The van der Waals surface area contributed by atoms with E-state index in [4.69, 9.17) is 14.2 Å². The number of ether oxygens (including phenoxy) is 3. The fourth-order valence-electron chi connectivity index (χ4n) is 2.78. The van der Waals surface area contributed by atoms with Crippen molar-refractivity contribution in [2.45, 2.75) is 13.8 Å². The summed E-state index contributed by atoms with van der Waals surface area (Å²) in [6.07, 6.45) is 0. The molecule has 0 radical (unpaired) electrons.